The lowest BCUT2D eigenvalue weighted by atomic mass is 9.95. The number of fused-ring (bicyclic) bond motifs is 2. The average molecular weight is 714 g/mol. The lowest BCUT2D eigenvalue weighted by Crippen LogP contribution is -2.40. The highest BCUT2D eigenvalue weighted by molar-refractivity contribution is 7.07. The van der Waals surface area contributed by atoms with Crippen LogP contribution in [0, 0.1) is 6.92 Å². The maximum absolute atomic E-state index is 14.5. The summed E-state index contributed by atoms with van der Waals surface area (Å²) in [6, 6.07) is 20.1. The Bertz CT molecular complexity index is 2340. The highest BCUT2D eigenvalue weighted by atomic mass is 35.5. The second-order valence-electron chi connectivity index (χ2n) is 11.5. The highest BCUT2D eigenvalue weighted by Gasteiger charge is 2.34. The molecule has 10 nitrogen and oxygen atoms in total. The molecule has 5 aromatic rings. The summed E-state index contributed by atoms with van der Waals surface area (Å²) in [4.78, 5) is 44.9. The fraction of sp³-hybridized carbons (Fsp3) is 0.263. The zero-order valence-corrected chi connectivity index (χ0v) is 29.9. The van der Waals surface area contributed by atoms with Crippen molar-refractivity contribution < 1.29 is 28.5 Å². The number of ether oxygens (including phenoxy) is 4. The second-order valence-corrected chi connectivity index (χ2v) is 13.0. The molecule has 6 rings (SSSR count). The number of para-hydroxylation sites is 1. The molecular weight excluding hydrogens is 678 g/mol. The Hall–Kier alpha value is -5.13. The van der Waals surface area contributed by atoms with Gasteiger partial charge in [-0.1, -0.05) is 59.3 Å². The van der Waals surface area contributed by atoms with Gasteiger partial charge < -0.3 is 23.5 Å². The summed E-state index contributed by atoms with van der Waals surface area (Å²) >= 11 is 7.56. The van der Waals surface area contributed by atoms with E-state index in [1.54, 1.807) is 32.0 Å². The zero-order valence-electron chi connectivity index (χ0n) is 28.3. The van der Waals surface area contributed by atoms with Crippen LogP contribution in [0.2, 0.25) is 5.02 Å². The highest BCUT2D eigenvalue weighted by Crippen LogP contribution is 2.36. The van der Waals surface area contributed by atoms with Crippen molar-refractivity contribution in [3.63, 3.8) is 0 Å². The lowest BCUT2D eigenvalue weighted by molar-refractivity contribution is -0.143. The van der Waals surface area contributed by atoms with E-state index in [1.165, 1.54) is 23.0 Å². The van der Waals surface area contributed by atoms with Gasteiger partial charge in [0.1, 0.15) is 0 Å². The number of hydrogen-bond acceptors (Lipinski definition) is 9. The molecule has 3 heterocycles. The molecule has 0 unspecified atom stereocenters. The number of methoxy groups -OCH3 is 1. The Kier molecular flexibility index (Phi) is 10.3. The van der Waals surface area contributed by atoms with Crippen LogP contribution in [0.25, 0.3) is 17.0 Å². The minimum absolute atomic E-state index is 0.149. The van der Waals surface area contributed by atoms with Crippen LogP contribution in [0.5, 0.6) is 11.5 Å². The summed E-state index contributed by atoms with van der Waals surface area (Å²) in [5.41, 5.74) is 4.95. The molecule has 1 aliphatic rings. The predicted octanol–water partition coefficient (Wildman–Crippen LogP) is 5.71. The van der Waals surface area contributed by atoms with E-state index in [1.807, 2.05) is 62.4 Å². The number of esters is 2. The quantitative estimate of drug-likeness (QED) is 0.161. The van der Waals surface area contributed by atoms with Crippen LogP contribution in [0.3, 0.4) is 0 Å². The molecule has 0 N–H and O–H groups in total. The Labute approximate surface area is 297 Å². The third-order valence-corrected chi connectivity index (χ3v) is 9.68. The second kappa shape index (κ2) is 14.8. The van der Waals surface area contributed by atoms with Gasteiger partial charge in [-0.15, -0.1) is 0 Å². The van der Waals surface area contributed by atoms with Gasteiger partial charge in [-0.3, -0.25) is 9.36 Å². The SMILES string of the molecule is CCOC(=O)C1=C(C)N=c2s/c(=C/c3c(C)n(Cc4cccc(Cl)c4)c4ccccc34)c(=O)n2[C@H]1c1ccc(OCC(=O)OC)c(OCC)c1. The minimum Gasteiger partial charge on any atom is -0.490 e. The first-order valence-electron chi connectivity index (χ1n) is 16.1. The van der Waals surface area contributed by atoms with Crippen molar-refractivity contribution in [1.82, 2.24) is 9.13 Å². The number of nitrogens with zero attached hydrogens (tertiary/aromatic N) is 3. The van der Waals surface area contributed by atoms with Crippen molar-refractivity contribution >= 4 is 51.9 Å². The van der Waals surface area contributed by atoms with Gasteiger partial charge in [-0.25, -0.2) is 14.6 Å². The molecule has 0 aliphatic carbocycles. The average Bonchev–Trinajstić information content (AvgIpc) is 3.55. The number of thiazole rings is 1. The van der Waals surface area contributed by atoms with Crippen molar-refractivity contribution in [2.75, 3.05) is 26.9 Å². The molecule has 0 spiro atoms. The van der Waals surface area contributed by atoms with E-state index in [2.05, 4.69) is 10.6 Å². The third-order valence-electron chi connectivity index (χ3n) is 8.46. The van der Waals surface area contributed by atoms with Crippen LogP contribution in [0.4, 0.5) is 0 Å². The molecule has 1 aliphatic heterocycles. The fourth-order valence-electron chi connectivity index (χ4n) is 6.18. The van der Waals surface area contributed by atoms with Gasteiger partial charge in [0.15, 0.2) is 22.9 Å². The molecule has 0 saturated heterocycles. The number of hydrogen-bond donors (Lipinski definition) is 0. The van der Waals surface area contributed by atoms with Crippen LogP contribution in [-0.4, -0.2) is 48.0 Å². The van der Waals surface area contributed by atoms with Crippen LogP contribution in [0.1, 0.15) is 49.2 Å². The number of aromatic nitrogens is 2. The Balaban J connectivity index is 1.51. The minimum atomic E-state index is -0.869. The van der Waals surface area contributed by atoms with Crippen molar-refractivity contribution in [3.05, 3.63) is 125 Å². The summed E-state index contributed by atoms with van der Waals surface area (Å²) in [7, 11) is 1.28. The van der Waals surface area contributed by atoms with E-state index in [4.69, 9.17) is 35.5 Å². The van der Waals surface area contributed by atoms with E-state index in [0.717, 1.165) is 27.7 Å². The van der Waals surface area contributed by atoms with E-state index < -0.39 is 18.0 Å². The van der Waals surface area contributed by atoms with Gasteiger partial charge in [-0.2, -0.15) is 0 Å². The maximum atomic E-state index is 14.5. The van der Waals surface area contributed by atoms with E-state index >= 15 is 0 Å². The molecule has 0 bridgehead atoms. The largest absolute Gasteiger partial charge is 0.490 e. The molecule has 50 heavy (non-hydrogen) atoms. The monoisotopic (exact) mass is 713 g/mol. The Morgan fingerprint density at radius 2 is 1.78 bits per heavy atom. The van der Waals surface area contributed by atoms with Gasteiger partial charge in [0, 0.05) is 33.7 Å². The summed E-state index contributed by atoms with van der Waals surface area (Å²) < 4.78 is 25.9. The summed E-state index contributed by atoms with van der Waals surface area (Å²) in [6.07, 6.45) is 1.91. The normalized spacial score (nSPS) is 14.4. The molecule has 12 heteroatoms. The zero-order chi connectivity index (χ0) is 35.5. The number of halogens is 1. The number of rotatable bonds is 11. The molecule has 0 fully saturated rings. The van der Waals surface area contributed by atoms with Gasteiger partial charge in [-0.05, 0) is 75.2 Å². The molecule has 0 saturated carbocycles. The molecule has 3 aromatic carbocycles. The predicted molar refractivity (Wildman–Crippen MR) is 193 cm³/mol. The Morgan fingerprint density at radius 3 is 2.52 bits per heavy atom. The van der Waals surface area contributed by atoms with E-state index in [9.17, 15) is 14.4 Å². The smallest absolute Gasteiger partial charge is 0.343 e. The topological polar surface area (TPSA) is 110 Å². The molecule has 2 aromatic heterocycles. The molecule has 1 atom stereocenters. The van der Waals surface area contributed by atoms with Crippen molar-refractivity contribution in [2.24, 2.45) is 4.99 Å². The lowest BCUT2D eigenvalue weighted by Gasteiger charge is -2.25. The van der Waals surface area contributed by atoms with E-state index in [0.29, 0.717) is 50.3 Å². The number of allylic oxidation sites excluding steroid dienone is 1. The third kappa shape index (κ3) is 6.71. The van der Waals surface area contributed by atoms with Gasteiger partial charge in [0.2, 0.25) is 0 Å². The molecule has 0 amide bonds. The van der Waals surface area contributed by atoms with Crippen LogP contribution in [-0.2, 0) is 25.6 Å². The summed E-state index contributed by atoms with van der Waals surface area (Å²) in [5.74, 6) is -0.458. The van der Waals surface area contributed by atoms with Crippen molar-refractivity contribution in [2.45, 2.75) is 40.3 Å². The van der Waals surface area contributed by atoms with Crippen LogP contribution < -0.4 is 24.4 Å². The van der Waals surface area contributed by atoms with Gasteiger partial charge >= 0.3 is 11.9 Å². The fourth-order valence-corrected chi connectivity index (χ4v) is 7.42. The first kappa shape index (κ1) is 34.7. The number of carbonyl (C=O) groups excluding carboxylic acids is 2. The van der Waals surface area contributed by atoms with Crippen LogP contribution >= 0.6 is 22.9 Å². The van der Waals surface area contributed by atoms with Gasteiger partial charge in [0.05, 0.1) is 42.2 Å². The molecule has 258 valence electrons. The molecular formula is C38H36ClN3O7S. The summed E-state index contributed by atoms with van der Waals surface area (Å²) in [5, 5.41) is 1.67. The Morgan fingerprint density at radius 1 is 0.980 bits per heavy atom. The van der Waals surface area contributed by atoms with Crippen molar-refractivity contribution in [1.29, 1.82) is 0 Å². The van der Waals surface area contributed by atoms with Gasteiger partial charge in [0.25, 0.3) is 5.56 Å². The van der Waals surface area contributed by atoms with Crippen LogP contribution in [0.15, 0.2) is 87.8 Å². The first-order chi connectivity index (χ1) is 24.1. The van der Waals surface area contributed by atoms with E-state index in [-0.39, 0.29) is 24.3 Å². The first-order valence-corrected chi connectivity index (χ1v) is 17.3. The number of carbonyl (C=O) groups is 2. The number of benzene rings is 3. The standard InChI is InChI=1S/C38H36ClN3O7S/c1-6-47-31-18-25(15-16-30(31)49-21-33(43)46-5)35-34(37(45)48-7-2)22(3)40-38-42(35)36(44)32(50-38)19-28-23(4)41(29-14-9-8-13-27(28)29)20-24-11-10-12-26(39)17-24/h8-19,35H,6-7,20-21H2,1-5H3/b32-19+/t35-/m0/s1. The summed E-state index contributed by atoms with van der Waals surface area (Å²) in [6.45, 7) is 8.07. The maximum Gasteiger partial charge on any atom is 0.343 e. The van der Waals surface area contributed by atoms with Crippen molar-refractivity contribution in [3.8, 4) is 11.5 Å². The molecule has 0 radical (unpaired) electrons.